The van der Waals surface area contributed by atoms with Gasteiger partial charge in [-0.3, -0.25) is 4.79 Å². The number of fused-ring (bicyclic) bond motifs is 1. The lowest BCUT2D eigenvalue weighted by molar-refractivity contribution is -0.255. The van der Waals surface area contributed by atoms with Gasteiger partial charge in [-0.05, 0) is 35.4 Å². The van der Waals surface area contributed by atoms with Crippen molar-refractivity contribution < 1.29 is 9.90 Å². The van der Waals surface area contributed by atoms with Gasteiger partial charge in [-0.25, -0.2) is 4.98 Å². The van der Waals surface area contributed by atoms with Crippen LogP contribution in [0.2, 0.25) is 5.02 Å². The van der Waals surface area contributed by atoms with E-state index in [4.69, 9.17) is 23.2 Å². The molecule has 0 radical (unpaired) electrons. The molecule has 0 saturated carbocycles. The number of carbonyl (C=O) groups excluding carboxylic acids is 1. The minimum absolute atomic E-state index is 0.0670. The molecule has 0 bridgehead atoms. The summed E-state index contributed by atoms with van der Waals surface area (Å²) in [5.41, 5.74) is 0.842. The molecule has 0 saturated heterocycles. The zero-order valence-electron chi connectivity index (χ0n) is 12.0. The lowest BCUT2D eigenvalue weighted by Gasteiger charge is -2.04. The quantitative estimate of drug-likeness (QED) is 0.778. The minimum Gasteiger partial charge on any atom is -0.545 e. The van der Waals surface area contributed by atoms with Gasteiger partial charge in [-0.2, -0.15) is 0 Å². The highest BCUT2D eigenvalue weighted by Crippen LogP contribution is 2.21. The maximum Gasteiger partial charge on any atom is 0.259 e. The Balaban J connectivity index is 2.01. The lowest BCUT2D eigenvalue weighted by atomic mass is 10.1. The molecule has 0 amide bonds. The van der Waals surface area contributed by atoms with Crippen molar-refractivity contribution in [2.45, 2.75) is 0 Å². The molecule has 1 heterocycles. The third-order valence-corrected chi connectivity index (χ3v) is 3.86. The first-order valence-electron chi connectivity index (χ1n) is 6.82. The highest BCUT2D eigenvalue weighted by molar-refractivity contribution is 6.50. The fraction of sp³-hybridized carbons (Fsp3) is 0. The van der Waals surface area contributed by atoms with Gasteiger partial charge in [0.25, 0.3) is 5.56 Å². The van der Waals surface area contributed by atoms with E-state index in [-0.39, 0.29) is 22.0 Å². The number of nitrogens with one attached hydrogen (secondary N) is 1. The highest BCUT2D eigenvalue weighted by Gasteiger charge is 2.07. The maximum atomic E-state index is 12.1. The summed E-state index contributed by atoms with van der Waals surface area (Å²) in [6.45, 7) is 0. The second-order valence-electron chi connectivity index (χ2n) is 4.98. The van der Waals surface area contributed by atoms with E-state index in [0.717, 1.165) is 0 Å². The van der Waals surface area contributed by atoms with Gasteiger partial charge in [0.05, 0.1) is 21.9 Å². The molecular formula is C17H9Cl2N2O3-. The maximum absolute atomic E-state index is 12.1. The largest absolute Gasteiger partial charge is 0.545 e. The van der Waals surface area contributed by atoms with Crippen LogP contribution in [0.3, 0.4) is 0 Å². The van der Waals surface area contributed by atoms with Crippen LogP contribution in [0.15, 0.2) is 47.3 Å². The average molecular weight is 360 g/mol. The van der Waals surface area contributed by atoms with Gasteiger partial charge in [0.15, 0.2) is 5.82 Å². The Bertz CT molecular complexity index is 1020. The molecule has 2 aromatic carbocycles. The lowest BCUT2D eigenvalue weighted by Crippen LogP contribution is -2.21. The van der Waals surface area contributed by atoms with Crippen molar-refractivity contribution in [2.75, 3.05) is 0 Å². The van der Waals surface area contributed by atoms with E-state index < -0.39 is 5.97 Å². The number of carboxylic acid groups (broad SMARTS) is 1. The average Bonchev–Trinajstić information content (AvgIpc) is 2.55. The molecule has 0 atom stereocenters. The van der Waals surface area contributed by atoms with Crippen LogP contribution in [-0.4, -0.2) is 15.9 Å². The number of nitrogens with zero attached hydrogens (tertiary/aromatic N) is 1. The summed E-state index contributed by atoms with van der Waals surface area (Å²) >= 11 is 12.1. The first-order chi connectivity index (χ1) is 11.4. The van der Waals surface area contributed by atoms with Gasteiger partial charge in [0, 0.05) is 5.02 Å². The van der Waals surface area contributed by atoms with Crippen molar-refractivity contribution in [1.29, 1.82) is 0 Å². The standard InChI is InChI=1S/C17H10Cl2N2O3/c18-11-5-6-14-12(8-11)16(22)21-15(20-14)13(19)7-9-1-3-10(4-2-9)17(23)24/h1-8H,(H,23,24)(H,20,21,22)/p-1/b13-7-. The van der Waals surface area contributed by atoms with Crippen LogP contribution in [0.1, 0.15) is 21.7 Å². The summed E-state index contributed by atoms with van der Waals surface area (Å²) in [6, 6.07) is 10.8. The Labute approximate surface area is 146 Å². The molecule has 1 N–H and O–H groups in total. The van der Waals surface area contributed by atoms with Crippen LogP contribution in [0.25, 0.3) is 22.0 Å². The molecule has 0 spiro atoms. The molecule has 0 fully saturated rings. The van der Waals surface area contributed by atoms with Gasteiger partial charge < -0.3 is 14.9 Å². The number of aromatic nitrogens is 2. The Morgan fingerprint density at radius 3 is 2.54 bits per heavy atom. The van der Waals surface area contributed by atoms with Gasteiger partial charge in [0.1, 0.15) is 0 Å². The number of carbonyl (C=O) groups is 1. The summed E-state index contributed by atoms with van der Waals surface area (Å²) in [4.78, 5) is 29.7. The summed E-state index contributed by atoms with van der Waals surface area (Å²) in [7, 11) is 0. The number of halogens is 2. The van der Waals surface area contributed by atoms with E-state index in [0.29, 0.717) is 21.5 Å². The number of aromatic carboxylic acids is 1. The Hall–Kier alpha value is -2.63. The number of benzene rings is 2. The topological polar surface area (TPSA) is 85.9 Å². The molecule has 3 rings (SSSR count). The number of hydrogen-bond donors (Lipinski definition) is 1. The predicted molar refractivity (Wildman–Crippen MR) is 91.9 cm³/mol. The first-order valence-corrected chi connectivity index (χ1v) is 7.58. The van der Waals surface area contributed by atoms with Gasteiger partial charge in [-0.1, -0.05) is 47.5 Å². The van der Waals surface area contributed by atoms with Crippen molar-refractivity contribution in [1.82, 2.24) is 9.97 Å². The third kappa shape index (κ3) is 3.32. The van der Waals surface area contributed by atoms with Crippen molar-refractivity contribution >= 4 is 51.2 Å². The molecule has 0 aliphatic carbocycles. The summed E-state index contributed by atoms with van der Waals surface area (Å²) in [6.07, 6.45) is 1.57. The molecule has 7 heteroatoms. The van der Waals surface area contributed by atoms with Crippen molar-refractivity contribution in [3.05, 3.63) is 74.8 Å². The van der Waals surface area contributed by atoms with Crippen LogP contribution < -0.4 is 10.7 Å². The van der Waals surface area contributed by atoms with E-state index >= 15 is 0 Å². The second-order valence-corrected chi connectivity index (χ2v) is 5.82. The fourth-order valence-electron chi connectivity index (χ4n) is 2.15. The van der Waals surface area contributed by atoms with E-state index in [1.807, 2.05) is 0 Å². The summed E-state index contributed by atoms with van der Waals surface area (Å²) in [5, 5.41) is 11.8. The molecule has 24 heavy (non-hydrogen) atoms. The molecule has 0 aliphatic heterocycles. The summed E-state index contributed by atoms with van der Waals surface area (Å²) < 4.78 is 0. The number of aromatic amines is 1. The normalized spacial score (nSPS) is 11.7. The van der Waals surface area contributed by atoms with Gasteiger partial charge >= 0.3 is 0 Å². The number of H-pyrrole nitrogens is 1. The van der Waals surface area contributed by atoms with E-state index in [9.17, 15) is 14.7 Å². The Morgan fingerprint density at radius 2 is 1.88 bits per heavy atom. The molecule has 3 aromatic rings. The fourth-order valence-corrected chi connectivity index (χ4v) is 2.54. The monoisotopic (exact) mass is 359 g/mol. The van der Waals surface area contributed by atoms with Crippen LogP contribution >= 0.6 is 23.2 Å². The summed E-state index contributed by atoms with van der Waals surface area (Å²) in [5.74, 6) is -1.05. The van der Waals surface area contributed by atoms with E-state index in [1.54, 1.807) is 30.3 Å². The van der Waals surface area contributed by atoms with Gasteiger partial charge in [0.2, 0.25) is 0 Å². The Kier molecular flexibility index (Phi) is 4.38. The zero-order chi connectivity index (χ0) is 17.3. The third-order valence-electron chi connectivity index (χ3n) is 3.33. The van der Waals surface area contributed by atoms with Crippen LogP contribution in [0.4, 0.5) is 0 Å². The van der Waals surface area contributed by atoms with E-state index in [1.165, 1.54) is 18.2 Å². The predicted octanol–water partition coefficient (Wildman–Crippen LogP) is 2.68. The molecule has 120 valence electrons. The van der Waals surface area contributed by atoms with Gasteiger partial charge in [-0.15, -0.1) is 0 Å². The van der Waals surface area contributed by atoms with Crippen LogP contribution in [-0.2, 0) is 0 Å². The van der Waals surface area contributed by atoms with Crippen LogP contribution in [0.5, 0.6) is 0 Å². The number of rotatable bonds is 3. The highest BCUT2D eigenvalue weighted by atomic mass is 35.5. The van der Waals surface area contributed by atoms with Crippen molar-refractivity contribution in [3.63, 3.8) is 0 Å². The van der Waals surface area contributed by atoms with E-state index in [2.05, 4.69) is 9.97 Å². The smallest absolute Gasteiger partial charge is 0.259 e. The van der Waals surface area contributed by atoms with Crippen molar-refractivity contribution in [3.8, 4) is 0 Å². The zero-order valence-corrected chi connectivity index (χ0v) is 13.6. The molecule has 0 aliphatic rings. The molecule has 0 unspecified atom stereocenters. The minimum atomic E-state index is -1.25. The first kappa shape index (κ1) is 16.2. The number of hydrogen-bond acceptors (Lipinski definition) is 4. The van der Waals surface area contributed by atoms with Crippen molar-refractivity contribution in [2.24, 2.45) is 0 Å². The van der Waals surface area contributed by atoms with Crippen LogP contribution in [0, 0.1) is 0 Å². The Morgan fingerprint density at radius 1 is 1.17 bits per heavy atom. The number of carboxylic acids is 1. The SMILES string of the molecule is O=C([O-])c1ccc(/C=C(\Cl)c2nc3ccc(Cl)cc3c(=O)[nH]2)cc1. The molecular weight excluding hydrogens is 351 g/mol. The molecule has 1 aromatic heterocycles. The molecule has 5 nitrogen and oxygen atoms in total. The second kappa shape index (κ2) is 6.47.